The molecule has 0 aliphatic rings. The van der Waals surface area contributed by atoms with Gasteiger partial charge in [-0.2, -0.15) is 0 Å². The molecule has 0 heterocycles. The zero-order valence-electron chi connectivity index (χ0n) is 11.6. The first-order chi connectivity index (χ1) is 9.88. The van der Waals surface area contributed by atoms with Crippen LogP contribution in [-0.2, 0) is 14.3 Å². The molecule has 1 aromatic rings. The van der Waals surface area contributed by atoms with Crippen molar-refractivity contribution in [3.63, 3.8) is 0 Å². The molecule has 0 saturated carbocycles. The van der Waals surface area contributed by atoms with E-state index in [1.807, 2.05) is 0 Å². The van der Waals surface area contributed by atoms with Crippen molar-refractivity contribution in [2.75, 3.05) is 19.0 Å². The van der Waals surface area contributed by atoms with Crippen LogP contribution < -0.4 is 15.8 Å². The summed E-state index contributed by atoms with van der Waals surface area (Å²) in [4.78, 5) is 33.6. The summed E-state index contributed by atoms with van der Waals surface area (Å²) in [7, 11) is 1.20. The fourth-order valence-corrected chi connectivity index (χ4v) is 1.46. The predicted molar refractivity (Wildman–Crippen MR) is 73.2 cm³/mol. The summed E-state index contributed by atoms with van der Waals surface area (Å²) in [5.41, 5.74) is 5.36. The number of anilines is 1. The first-order valence-corrected chi connectivity index (χ1v) is 6.00. The summed E-state index contributed by atoms with van der Waals surface area (Å²) < 4.78 is 9.86. The zero-order chi connectivity index (χ0) is 16.0. The van der Waals surface area contributed by atoms with E-state index >= 15 is 0 Å². The van der Waals surface area contributed by atoms with Crippen molar-refractivity contribution >= 4 is 23.5 Å². The number of aromatic carboxylic acids is 1. The number of esters is 1. The summed E-state index contributed by atoms with van der Waals surface area (Å²) >= 11 is 0. The molecule has 0 fully saturated rings. The Hall–Kier alpha value is -2.61. The summed E-state index contributed by atoms with van der Waals surface area (Å²) in [5.74, 6) is -2.24. The number of hydrogen-bond donors (Lipinski definition) is 3. The Morgan fingerprint density at radius 1 is 1.38 bits per heavy atom. The lowest BCUT2D eigenvalue weighted by Crippen LogP contribution is -2.26. The Balaban J connectivity index is 3.10. The molecule has 0 spiro atoms. The van der Waals surface area contributed by atoms with Gasteiger partial charge in [-0.25, -0.2) is 9.59 Å². The van der Waals surface area contributed by atoms with E-state index < -0.39 is 23.9 Å². The third-order valence-corrected chi connectivity index (χ3v) is 2.52. The lowest BCUT2D eigenvalue weighted by Gasteiger charge is -2.16. The van der Waals surface area contributed by atoms with E-state index in [2.05, 4.69) is 10.1 Å². The Kier molecular flexibility index (Phi) is 5.67. The van der Waals surface area contributed by atoms with Crippen LogP contribution in [0.5, 0.6) is 5.75 Å². The van der Waals surface area contributed by atoms with Gasteiger partial charge in [-0.3, -0.25) is 4.79 Å². The first kappa shape index (κ1) is 16.4. The van der Waals surface area contributed by atoms with Crippen LogP contribution in [-0.4, -0.2) is 42.7 Å². The average Bonchev–Trinajstić information content (AvgIpc) is 2.47. The van der Waals surface area contributed by atoms with Crippen LogP contribution in [0.25, 0.3) is 0 Å². The van der Waals surface area contributed by atoms with Gasteiger partial charge < -0.3 is 25.6 Å². The van der Waals surface area contributed by atoms with Gasteiger partial charge in [0.25, 0.3) is 0 Å². The smallest absolute Gasteiger partial charge is 0.346 e. The van der Waals surface area contributed by atoms with Gasteiger partial charge in [0.1, 0.15) is 5.75 Å². The molecule has 0 radical (unpaired) electrons. The van der Waals surface area contributed by atoms with Crippen molar-refractivity contribution in [3.8, 4) is 5.75 Å². The monoisotopic (exact) mass is 296 g/mol. The van der Waals surface area contributed by atoms with Crippen molar-refractivity contribution < 1.29 is 29.0 Å². The molecule has 1 unspecified atom stereocenters. The number of carboxylic acid groups (broad SMARTS) is 1. The predicted octanol–water partition coefficient (Wildman–Crippen LogP) is 0.222. The normalized spacial score (nSPS) is 11.4. The molecular weight excluding hydrogens is 280 g/mol. The molecule has 4 N–H and O–H groups in total. The molecule has 0 aromatic heterocycles. The lowest BCUT2D eigenvalue weighted by molar-refractivity contribution is -0.147. The SMILES string of the molecule is COC(=O)C(C)Oc1cc(C(=O)O)ccc1NC(=O)CN. The van der Waals surface area contributed by atoms with Gasteiger partial charge in [0, 0.05) is 0 Å². The quantitative estimate of drug-likeness (QED) is 0.640. The van der Waals surface area contributed by atoms with Crippen LogP contribution in [0.15, 0.2) is 18.2 Å². The van der Waals surface area contributed by atoms with Gasteiger partial charge in [-0.15, -0.1) is 0 Å². The molecule has 1 rings (SSSR count). The fraction of sp³-hybridized carbons (Fsp3) is 0.308. The Bertz CT molecular complexity index is 558. The first-order valence-electron chi connectivity index (χ1n) is 6.00. The zero-order valence-corrected chi connectivity index (χ0v) is 11.6. The van der Waals surface area contributed by atoms with Gasteiger partial charge >= 0.3 is 11.9 Å². The molecule has 0 aliphatic heterocycles. The fourth-order valence-electron chi connectivity index (χ4n) is 1.46. The van der Waals surface area contributed by atoms with E-state index in [9.17, 15) is 14.4 Å². The number of rotatable bonds is 6. The maximum Gasteiger partial charge on any atom is 0.346 e. The van der Waals surface area contributed by atoms with Crippen molar-refractivity contribution in [3.05, 3.63) is 23.8 Å². The average molecular weight is 296 g/mol. The minimum absolute atomic E-state index is 0.0367. The van der Waals surface area contributed by atoms with Crippen LogP contribution in [0.1, 0.15) is 17.3 Å². The molecule has 0 bridgehead atoms. The van der Waals surface area contributed by atoms with E-state index in [0.717, 1.165) is 0 Å². The van der Waals surface area contributed by atoms with Crippen LogP contribution in [0, 0.1) is 0 Å². The van der Waals surface area contributed by atoms with Crippen molar-refractivity contribution in [2.45, 2.75) is 13.0 Å². The third kappa shape index (κ3) is 4.46. The molecule has 8 nitrogen and oxygen atoms in total. The second-order valence-corrected chi connectivity index (χ2v) is 4.05. The van der Waals surface area contributed by atoms with Crippen LogP contribution in [0.4, 0.5) is 5.69 Å². The van der Waals surface area contributed by atoms with Crippen molar-refractivity contribution in [1.82, 2.24) is 0 Å². The number of benzene rings is 1. The molecule has 0 saturated heterocycles. The number of nitrogens with one attached hydrogen (secondary N) is 1. The molecule has 8 heteroatoms. The van der Waals surface area contributed by atoms with Gasteiger partial charge in [-0.05, 0) is 25.1 Å². The number of hydrogen-bond acceptors (Lipinski definition) is 6. The summed E-state index contributed by atoms with van der Waals surface area (Å²) in [6, 6.07) is 3.86. The topological polar surface area (TPSA) is 128 Å². The standard InChI is InChI=1S/C13H16N2O6/c1-7(13(19)20-2)21-10-5-8(12(17)18)3-4-9(10)15-11(16)6-14/h3-5,7H,6,14H2,1-2H3,(H,15,16)(H,17,18). The van der Waals surface area contributed by atoms with E-state index in [-0.39, 0.29) is 23.5 Å². The number of carbonyl (C=O) groups is 3. The third-order valence-electron chi connectivity index (χ3n) is 2.52. The number of nitrogens with two attached hydrogens (primary N) is 1. The van der Waals surface area contributed by atoms with Crippen LogP contribution in [0.3, 0.4) is 0 Å². The Morgan fingerprint density at radius 3 is 2.57 bits per heavy atom. The van der Waals surface area contributed by atoms with Crippen LogP contribution >= 0.6 is 0 Å². The molecule has 0 aliphatic carbocycles. The highest BCUT2D eigenvalue weighted by atomic mass is 16.6. The van der Waals surface area contributed by atoms with Crippen LogP contribution in [0.2, 0.25) is 0 Å². The van der Waals surface area contributed by atoms with E-state index in [4.69, 9.17) is 15.6 Å². The minimum atomic E-state index is -1.16. The number of carboxylic acids is 1. The maximum atomic E-state index is 11.4. The second kappa shape index (κ2) is 7.25. The van der Waals surface area contributed by atoms with E-state index in [1.165, 1.54) is 32.2 Å². The van der Waals surface area contributed by atoms with Gasteiger partial charge in [0.05, 0.1) is 24.9 Å². The van der Waals surface area contributed by atoms with Gasteiger partial charge in [-0.1, -0.05) is 0 Å². The highest BCUT2D eigenvalue weighted by molar-refractivity contribution is 5.95. The van der Waals surface area contributed by atoms with E-state index in [1.54, 1.807) is 0 Å². The second-order valence-electron chi connectivity index (χ2n) is 4.05. The largest absolute Gasteiger partial charge is 0.478 e. The van der Waals surface area contributed by atoms with Crippen molar-refractivity contribution in [1.29, 1.82) is 0 Å². The summed E-state index contributed by atoms with van der Waals surface area (Å²) in [6.45, 7) is 1.19. The Morgan fingerprint density at radius 2 is 2.05 bits per heavy atom. The molecule has 114 valence electrons. The highest BCUT2D eigenvalue weighted by Gasteiger charge is 2.19. The molecule has 1 atom stereocenters. The van der Waals surface area contributed by atoms with Gasteiger partial charge in [0.2, 0.25) is 5.91 Å². The highest BCUT2D eigenvalue weighted by Crippen LogP contribution is 2.27. The van der Waals surface area contributed by atoms with Gasteiger partial charge in [0.15, 0.2) is 6.10 Å². The summed E-state index contributed by atoms with van der Waals surface area (Å²) in [6.07, 6.45) is -0.965. The number of amides is 1. The number of methoxy groups -OCH3 is 1. The minimum Gasteiger partial charge on any atom is -0.478 e. The lowest BCUT2D eigenvalue weighted by atomic mass is 10.2. The summed E-state index contributed by atoms with van der Waals surface area (Å²) in [5, 5.41) is 11.4. The van der Waals surface area contributed by atoms with E-state index in [0.29, 0.717) is 0 Å². The molecule has 1 aromatic carbocycles. The molecule has 21 heavy (non-hydrogen) atoms. The maximum absolute atomic E-state index is 11.4. The molecular formula is C13H16N2O6. The van der Waals surface area contributed by atoms with Crippen molar-refractivity contribution in [2.24, 2.45) is 5.73 Å². The molecule has 1 amide bonds. The Labute approximate surface area is 120 Å². The number of carbonyl (C=O) groups excluding carboxylic acids is 2. The number of ether oxygens (including phenoxy) is 2.